The Morgan fingerprint density at radius 1 is 0.561 bits per heavy atom. The molecule has 1 heterocycles. The summed E-state index contributed by atoms with van der Waals surface area (Å²) in [6.45, 7) is 10.8. The smallest absolute Gasteiger partial charge is 0.226 e. The van der Waals surface area contributed by atoms with Crippen molar-refractivity contribution in [3.05, 3.63) is 115 Å². The molecule has 0 radical (unpaired) electrons. The van der Waals surface area contributed by atoms with Crippen molar-refractivity contribution in [2.45, 2.75) is 40.0 Å². The van der Waals surface area contributed by atoms with Crippen LogP contribution in [0.5, 0.6) is 0 Å². The Balaban J connectivity index is 0.000000810. The Kier molecular flexibility index (Phi) is 8.19. The first-order valence-corrected chi connectivity index (χ1v) is 15.1. The fourth-order valence-electron chi connectivity index (χ4n) is 5.43. The lowest BCUT2D eigenvalue weighted by Gasteiger charge is -2.19. The van der Waals surface area contributed by atoms with Gasteiger partial charge < -0.3 is 4.42 Å². The molecule has 0 spiro atoms. The molecule has 0 aliphatic heterocycles. The molecule has 7 aromatic rings. The Labute approximate surface area is 248 Å². The van der Waals surface area contributed by atoms with Crippen LogP contribution in [0.1, 0.15) is 40.2 Å². The second-order valence-corrected chi connectivity index (χ2v) is 10.9. The molecule has 0 N–H and O–H groups in total. The van der Waals surface area contributed by atoms with Gasteiger partial charge in [-0.3, -0.25) is 0 Å². The van der Waals surface area contributed by atoms with Gasteiger partial charge in [-0.1, -0.05) is 113 Å². The van der Waals surface area contributed by atoms with E-state index in [0.717, 1.165) is 16.9 Å². The summed E-state index contributed by atoms with van der Waals surface area (Å²) in [5.74, 6) is 1.43. The number of rotatable bonds is 3. The molecule has 0 unspecified atom stereocenters. The van der Waals surface area contributed by atoms with Crippen molar-refractivity contribution >= 4 is 44.9 Å². The third-order valence-electron chi connectivity index (χ3n) is 7.43. The molecule has 0 amide bonds. The first kappa shape index (κ1) is 28.4. The van der Waals surface area contributed by atoms with E-state index in [1.54, 1.807) is 6.26 Å². The average Bonchev–Trinajstić information content (AvgIpc) is 3.52. The Bertz CT molecular complexity index is 1830. The van der Waals surface area contributed by atoms with Crippen LogP contribution in [0.4, 0.5) is 0 Å². The van der Waals surface area contributed by atoms with Crippen LogP contribution in [0.25, 0.3) is 66.2 Å². The molecule has 41 heavy (non-hydrogen) atoms. The minimum absolute atomic E-state index is 0.152. The van der Waals surface area contributed by atoms with Crippen LogP contribution < -0.4 is 0 Å². The molecule has 2 nitrogen and oxygen atoms in total. The largest absolute Gasteiger partial charge is 0.436 e. The van der Waals surface area contributed by atoms with Crippen LogP contribution in [-0.4, -0.2) is 11.2 Å². The van der Waals surface area contributed by atoms with E-state index in [-0.39, 0.29) is 5.41 Å². The quantitative estimate of drug-likeness (QED) is 0.173. The first-order chi connectivity index (χ1) is 19.9. The summed E-state index contributed by atoms with van der Waals surface area (Å²) < 4.78 is 6.17. The highest BCUT2D eigenvalue weighted by Crippen LogP contribution is 2.40. The van der Waals surface area contributed by atoms with Gasteiger partial charge in [-0.05, 0) is 84.9 Å². The molecule has 206 valence electrons. The zero-order chi connectivity index (χ0) is 29.1. The van der Waals surface area contributed by atoms with Crippen molar-refractivity contribution in [2.24, 2.45) is 0 Å². The number of nitrogens with zero attached hydrogens (tertiary/aromatic N) is 1. The predicted molar refractivity (Wildman–Crippen MR) is 181 cm³/mol. The van der Waals surface area contributed by atoms with Gasteiger partial charge in [0.1, 0.15) is 0 Å². The summed E-state index contributed by atoms with van der Waals surface area (Å²) in [6.07, 6.45) is 3.50. The summed E-state index contributed by atoms with van der Waals surface area (Å²) in [4.78, 5) is 4.60. The lowest BCUT2D eigenvalue weighted by Crippen LogP contribution is -2.10. The molecule has 0 fully saturated rings. The van der Waals surface area contributed by atoms with Crippen molar-refractivity contribution in [3.63, 3.8) is 0 Å². The minimum atomic E-state index is 0.152. The average molecular weight is 556 g/mol. The van der Waals surface area contributed by atoms with E-state index in [2.05, 4.69) is 111 Å². The van der Waals surface area contributed by atoms with Gasteiger partial charge >= 0.3 is 0 Å². The van der Waals surface area contributed by atoms with E-state index >= 15 is 0 Å². The van der Waals surface area contributed by atoms with Crippen LogP contribution in [0, 0.1) is 0 Å². The number of benzene rings is 6. The maximum absolute atomic E-state index is 6.17. The van der Waals surface area contributed by atoms with Gasteiger partial charge in [0.05, 0.1) is 6.20 Å². The maximum Gasteiger partial charge on any atom is 0.226 e. The van der Waals surface area contributed by atoms with E-state index < -0.39 is 0 Å². The molecule has 3 heteroatoms. The maximum atomic E-state index is 6.17. The lowest BCUT2D eigenvalue weighted by atomic mass is 9.85. The first-order valence-electron chi connectivity index (χ1n) is 14.2. The number of hydrogen-bond donors (Lipinski definition) is 1. The van der Waals surface area contributed by atoms with E-state index in [4.69, 9.17) is 4.42 Å². The highest BCUT2D eigenvalue weighted by Gasteiger charge is 2.16. The van der Waals surface area contributed by atoms with Gasteiger partial charge in [-0.15, -0.1) is 0 Å². The van der Waals surface area contributed by atoms with Gasteiger partial charge in [0.2, 0.25) is 5.89 Å². The summed E-state index contributed by atoms with van der Waals surface area (Å²) in [5.41, 5.74) is 6.03. The molecule has 0 saturated heterocycles. The van der Waals surface area contributed by atoms with Crippen LogP contribution in [-0.2, 0) is 5.41 Å². The molecule has 0 bridgehead atoms. The molecule has 0 atom stereocenters. The summed E-state index contributed by atoms with van der Waals surface area (Å²) in [6, 6.07) is 37.1. The number of aromatic nitrogens is 1. The zero-order valence-electron chi connectivity index (χ0n) is 24.7. The third-order valence-corrected chi connectivity index (χ3v) is 7.43. The number of oxazole rings is 1. The highest BCUT2D eigenvalue weighted by molar-refractivity contribution is 7.79. The van der Waals surface area contributed by atoms with Crippen molar-refractivity contribution in [2.75, 3.05) is 6.26 Å². The highest BCUT2D eigenvalue weighted by atomic mass is 32.1. The second-order valence-electron chi connectivity index (χ2n) is 10.9. The second kappa shape index (κ2) is 11.8. The Morgan fingerprint density at radius 3 is 1.54 bits per heavy atom. The fraction of sp³-hybridized carbons (Fsp3) is 0.184. The molecule has 1 aromatic heterocycles. The van der Waals surface area contributed by atoms with Gasteiger partial charge in [0.25, 0.3) is 0 Å². The molecule has 0 aliphatic rings. The van der Waals surface area contributed by atoms with Gasteiger partial charge in [-0.2, -0.15) is 12.6 Å². The Hall–Kier alpha value is -4.08. The van der Waals surface area contributed by atoms with Gasteiger partial charge in [-0.25, -0.2) is 4.98 Å². The molecular weight excluding hydrogens is 518 g/mol. The summed E-state index contributed by atoms with van der Waals surface area (Å²) in [5, 5.41) is 7.54. The summed E-state index contributed by atoms with van der Waals surface area (Å²) >= 11 is 3.53. The number of thiol groups is 1. The van der Waals surface area contributed by atoms with Crippen LogP contribution >= 0.6 is 12.6 Å². The predicted octanol–water partition coefficient (Wildman–Crippen LogP) is 11.4. The molecular formula is C38H37NOS. The SMILES string of the molecule is CC.CC(C)(C)c1ccc(-c2cc3ccc4cc(-c5ncc(-c6ccccc6)o5)cc5ccc(c2)c3c45)cc1.CS. The molecule has 0 aliphatic carbocycles. The monoisotopic (exact) mass is 555 g/mol. The molecule has 6 aromatic carbocycles. The van der Waals surface area contributed by atoms with Crippen molar-refractivity contribution in [1.29, 1.82) is 0 Å². The van der Waals surface area contributed by atoms with Gasteiger partial charge in [0.15, 0.2) is 5.76 Å². The van der Waals surface area contributed by atoms with Gasteiger partial charge in [0, 0.05) is 11.1 Å². The van der Waals surface area contributed by atoms with Crippen LogP contribution in [0.3, 0.4) is 0 Å². The van der Waals surface area contributed by atoms with Crippen molar-refractivity contribution in [3.8, 4) is 33.9 Å². The summed E-state index contributed by atoms with van der Waals surface area (Å²) in [7, 11) is 0. The van der Waals surface area contributed by atoms with E-state index in [0.29, 0.717) is 5.89 Å². The van der Waals surface area contributed by atoms with E-state index in [1.807, 2.05) is 50.4 Å². The standard InChI is InChI=1S/C35H27NO.C2H6.CH4S/c1-35(2,3)30-15-13-22(14-16-30)28-17-24-9-11-26-19-29(20-27-12-10-25(18-28)32(24)33(26)27)34-36-21-31(37-34)23-7-5-4-6-8-23;2*1-2/h4-21H,1-3H3;1-2H3;2H,1H3. The van der Waals surface area contributed by atoms with E-state index in [9.17, 15) is 0 Å². The van der Waals surface area contributed by atoms with Crippen molar-refractivity contribution in [1.82, 2.24) is 4.98 Å². The van der Waals surface area contributed by atoms with Crippen LogP contribution in [0.2, 0.25) is 0 Å². The fourth-order valence-corrected chi connectivity index (χ4v) is 5.43. The normalized spacial score (nSPS) is 11.3. The van der Waals surface area contributed by atoms with Crippen molar-refractivity contribution < 1.29 is 4.42 Å². The molecule has 7 rings (SSSR count). The topological polar surface area (TPSA) is 26.0 Å². The number of hydrogen-bond acceptors (Lipinski definition) is 3. The third kappa shape index (κ3) is 5.47. The Morgan fingerprint density at radius 2 is 1.05 bits per heavy atom. The minimum Gasteiger partial charge on any atom is -0.436 e. The molecule has 0 saturated carbocycles. The van der Waals surface area contributed by atoms with Crippen LogP contribution in [0.15, 0.2) is 114 Å². The van der Waals surface area contributed by atoms with E-state index in [1.165, 1.54) is 49.0 Å². The zero-order valence-corrected chi connectivity index (χ0v) is 25.6. The lowest BCUT2D eigenvalue weighted by molar-refractivity contribution is 0.589.